The molecule has 1 fully saturated rings. The van der Waals surface area contributed by atoms with Crippen molar-refractivity contribution in [2.24, 2.45) is 0 Å². The average Bonchev–Trinajstić information content (AvgIpc) is 2.86. The molecular weight excluding hydrogens is 240 g/mol. The molecule has 3 rings (SSSR count). The SMILES string of the molecule is CN(C)C[C@H]1CN(c2ncnc3c2CCC3)CCO1. The van der Waals surface area contributed by atoms with E-state index in [0.717, 1.165) is 44.9 Å². The van der Waals surface area contributed by atoms with Crippen LogP contribution in [0.5, 0.6) is 0 Å². The molecule has 0 radical (unpaired) electrons. The van der Waals surface area contributed by atoms with Crippen molar-refractivity contribution in [1.29, 1.82) is 0 Å². The van der Waals surface area contributed by atoms with Crippen LogP contribution in [-0.4, -0.2) is 61.3 Å². The van der Waals surface area contributed by atoms with Crippen LogP contribution in [0.1, 0.15) is 17.7 Å². The van der Waals surface area contributed by atoms with E-state index in [1.54, 1.807) is 6.33 Å². The molecule has 1 atom stereocenters. The number of aryl methyl sites for hydroxylation is 1. The number of aromatic nitrogens is 2. The van der Waals surface area contributed by atoms with Gasteiger partial charge in [-0.2, -0.15) is 0 Å². The fourth-order valence-corrected chi connectivity index (χ4v) is 3.04. The Kier molecular flexibility index (Phi) is 3.66. The fourth-order valence-electron chi connectivity index (χ4n) is 3.04. The molecular formula is C14H22N4O. The number of ether oxygens (including phenoxy) is 1. The van der Waals surface area contributed by atoms with Crippen molar-refractivity contribution in [3.8, 4) is 0 Å². The molecule has 0 N–H and O–H groups in total. The van der Waals surface area contributed by atoms with E-state index in [4.69, 9.17) is 4.74 Å². The Morgan fingerprint density at radius 3 is 3.11 bits per heavy atom. The molecule has 104 valence electrons. The number of hydrogen-bond acceptors (Lipinski definition) is 5. The topological polar surface area (TPSA) is 41.5 Å². The minimum atomic E-state index is 0.274. The minimum absolute atomic E-state index is 0.274. The van der Waals surface area contributed by atoms with Crippen LogP contribution in [0, 0.1) is 0 Å². The van der Waals surface area contributed by atoms with E-state index in [2.05, 4.69) is 33.9 Å². The van der Waals surface area contributed by atoms with Crippen molar-refractivity contribution in [3.63, 3.8) is 0 Å². The average molecular weight is 262 g/mol. The molecule has 1 aliphatic carbocycles. The maximum absolute atomic E-state index is 5.83. The first-order chi connectivity index (χ1) is 9.24. The van der Waals surface area contributed by atoms with Gasteiger partial charge in [-0.15, -0.1) is 0 Å². The van der Waals surface area contributed by atoms with E-state index in [9.17, 15) is 0 Å². The van der Waals surface area contributed by atoms with E-state index in [-0.39, 0.29) is 6.10 Å². The van der Waals surface area contributed by atoms with Crippen LogP contribution in [0.25, 0.3) is 0 Å². The van der Waals surface area contributed by atoms with E-state index in [1.165, 1.54) is 17.7 Å². The van der Waals surface area contributed by atoms with Gasteiger partial charge in [0, 0.05) is 30.9 Å². The summed E-state index contributed by atoms with van der Waals surface area (Å²) in [6.45, 7) is 3.62. The first-order valence-corrected chi connectivity index (χ1v) is 7.08. The molecule has 0 amide bonds. The Morgan fingerprint density at radius 2 is 2.26 bits per heavy atom. The zero-order valence-electron chi connectivity index (χ0n) is 11.8. The van der Waals surface area contributed by atoms with E-state index in [1.807, 2.05) is 0 Å². The highest BCUT2D eigenvalue weighted by Gasteiger charge is 2.26. The molecule has 2 aliphatic rings. The van der Waals surface area contributed by atoms with Gasteiger partial charge in [-0.25, -0.2) is 9.97 Å². The summed E-state index contributed by atoms with van der Waals surface area (Å²) in [5.74, 6) is 1.15. The van der Waals surface area contributed by atoms with Gasteiger partial charge >= 0.3 is 0 Å². The highest BCUT2D eigenvalue weighted by Crippen LogP contribution is 2.28. The molecule has 0 saturated carbocycles. The molecule has 0 aromatic carbocycles. The smallest absolute Gasteiger partial charge is 0.135 e. The van der Waals surface area contributed by atoms with Crippen LogP contribution in [0.15, 0.2) is 6.33 Å². The molecule has 0 unspecified atom stereocenters. The van der Waals surface area contributed by atoms with Crippen LogP contribution in [-0.2, 0) is 17.6 Å². The molecule has 0 spiro atoms. The summed E-state index contributed by atoms with van der Waals surface area (Å²) in [4.78, 5) is 13.5. The predicted molar refractivity (Wildman–Crippen MR) is 74.6 cm³/mol. The summed E-state index contributed by atoms with van der Waals surface area (Å²) in [5.41, 5.74) is 2.62. The number of anilines is 1. The molecule has 0 bridgehead atoms. The Hall–Kier alpha value is -1.20. The van der Waals surface area contributed by atoms with E-state index >= 15 is 0 Å². The lowest BCUT2D eigenvalue weighted by molar-refractivity contribution is 0.0245. The number of rotatable bonds is 3. The van der Waals surface area contributed by atoms with Gasteiger partial charge in [-0.3, -0.25) is 0 Å². The van der Waals surface area contributed by atoms with Gasteiger partial charge in [0.05, 0.1) is 12.7 Å². The second-order valence-corrected chi connectivity index (χ2v) is 5.68. The number of fused-ring (bicyclic) bond motifs is 1. The van der Waals surface area contributed by atoms with Crippen molar-refractivity contribution in [2.45, 2.75) is 25.4 Å². The highest BCUT2D eigenvalue weighted by molar-refractivity contribution is 5.50. The Morgan fingerprint density at radius 1 is 1.37 bits per heavy atom. The van der Waals surface area contributed by atoms with Crippen LogP contribution in [0.4, 0.5) is 5.82 Å². The molecule has 1 saturated heterocycles. The standard InChI is InChI=1S/C14H22N4O/c1-17(2)8-11-9-18(6-7-19-11)14-12-4-3-5-13(12)15-10-16-14/h10-11H,3-9H2,1-2H3/t11-/m0/s1. The van der Waals surface area contributed by atoms with Gasteiger partial charge in [-0.1, -0.05) is 0 Å². The third-order valence-corrected chi connectivity index (χ3v) is 3.86. The van der Waals surface area contributed by atoms with Gasteiger partial charge in [0.25, 0.3) is 0 Å². The largest absolute Gasteiger partial charge is 0.373 e. The molecule has 2 heterocycles. The Balaban J connectivity index is 1.77. The third kappa shape index (κ3) is 2.72. The summed E-state index contributed by atoms with van der Waals surface area (Å²) in [7, 11) is 4.18. The van der Waals surface area contributed by atoms with Gasteiger partial charge < -0.3 is 14.5 Å². The van der Waals surface area contributed by atoms with Crippen LogP contribution in [0.2, 0.25) is 0 Å². The Bertz CT molecular complexity index is 449. The lowest BCUT2D eigenvalue weighted by atomic mass is 10.2. The van der Waals surface area contributed by atoms with Gasteiger partial charge in [-0.05, 0) is 33.4 Å². The summed E-state index contributed by atoms with van der Waals surface area (Å²) < 4.78 is 5.83. The maximum Gasteiger partial charge on any atom is 0.135 e. The summed E-state index contributed by atoms with van der Waals surface area (Å²) >= 11 is 0. The van der Waals surface area contributed by atoms with Crippen LogP contribution in [0.3, 0.4) is 0 Å². The van der Waals surface area contributed by atoms with Gasteiger partial charge in [0.2, 0.25) is 0 Å². The first kappa shape index (κ1) is 12.8. The summed E-state index contributed by atoms with van der Waals surface area (Å²) in [6.07, 6.45) is 5.44. The van der Waals surface area contributed by atoms with Crippen LogP contribution >= 0.6 is 0 Å². The Labute approximate surface area is 114 Å². The first-order valence-electron chi connectivity index (χ1n) is 7.08. The van der Waals surface area contributed by atoms with Crippen LogP contribution < -0.4 is 4.90 Å². The van der Waals surface area contributed by atoms with Crippen molar-refractivity contribution in [2.75, 3.05) is 45.2 Å². The minimum Gasteiger partial charge on any atom is -0.373 e. The second kappa shape index (κ2) is 5.43. The second-order valence-electron chi connectivity index (χ2n) is 5.68. The monoisotopic (exact) mass is 262 g/mol. The van der Waals surface area contributed by atoms with Gasteiger partial charge in [0.1, 0.15) is 12.1 Å². The van der Waals surface area contributed by atoms with E-state index < -0.39 is 0 Å². The number of hydrogen-bond donors (Lipinski definition) is 0. The van der Waals surface area contributed by atoms with Crippen molar-refractivity contribution in [3.05, 3.63) is 17.6 Å². The van der Waals surface area contributed by atoms with Crippen molar-refractivity contribution < 1.29 is 4.74 Å². The summed E-state index contributed by atoms with van der Waals surface area (Å²) in [6, 6.07) is 0. The zero-order valence-corrected chi connectivity index (χ0v) is 11.8. The highest BCUT2D eigenvalue weighted by atomic mass is 16.5. The molecule has 5 nitrogen and oxygen atoms in total. The summed E-state index contributed by atoms with van der Waals surface area (Å²) in [5, 5.41) is 0. The molecule has 1 aromatic heterocycles. The predicted octanol–water partition coefficient (Wildman–Crippen LogP) is 0.732. The van der Waals surface area contributed by atoms with Crippen molar-refractivity contribution in [1.82, 2.24) is 14.9 Å². The zero-order chi connectivity index (χ0) is 13.2. The lowest BCUT2D eigenvalue weighted by Crippen LogP contribution is -2.47. The molecule has 1 aromatic rings. The third-order valence-electron chi connectivity index (χ3n) is 3.86. The number of nitrogens with zero attached hydrogens (tertiary/aromatic N) is 4. The number of morpholine rings is 1. The lowest BCUT2D eigenvalue weighted by Gasteiger charge is -2.35. The molecule has 19 heavy (non-hydrogen) atoms. The number of likely N-dealkylation sites (N-methyl/N-ethyl adjacent to an activating group) is 1. The molecule has 1 aliphatic heterocycles. The molecule has 5 heteroatoms. The normalized spacial score (nSPS) is 22.9. The van der Waals surface area contributed by atoms with Gasteiger partial charge in [0.15, 0.2) is 0 Å². The van der Waals surface area contributed by atoms with E-state index in [0.29, 0.717) is 0 Å². The fraction of sp³-hybridized carbons (Fsp3) is 0.714. The quantitative estimate of drug-likeness (QED) is 0.803. The maximum atomic E-state index is 5.83. The van der Waals surface area contributed by atoms with Crippen molar-refractivity contribution >= 4 is 5.82 Å².